The molecule has 5 heteroatoms. The Morgan fingerprint density at radius 3 is 2.38 bits per heavy atom. The van der Waals surface area contributed by atoms with Gasteiger partial charge in [-0.25, -0.2) is 0 Å². The van der Waals surface area contributed by atoms with Crippen molar-refractivity contribution in [3.63, 3.8) is 0 Å². The van der Waals surface area contributed by atoms with E-state index < -0.39 is 0 Å². The summed E-state index contributed by atoms with van der Waals surface area (Å²) in [6.45, 7) is 6.06. The zero-order valence-electron chi connectivity index (χ0n) is 12.1. The zero-order chi connectivity index (χ0) is 15.6. The predicted octanol–water partition coefficient (Wildman–Crippen LogP) is 4.86. The molecule has 0 fully saturated rings. The van der Waals surface area contributed by atoms with Crippen LogP contribution >= 0.6 is 15.9 Å². The lowest BCUT2D eigenvalue weighted by molar-refractivity contribution is -0.385. The van der Waals surface area contributed by atoms with Crippen LogP contribution in [0, 0.1) is 30.9 Å². The number of aryl methyl sites for hydroxylation is 2. The van der Waals surface area contributed by atoms with Crippen LogP contribution in [0.1, 0.15) is 22.3 Å². The van der Waals surface area contributed by atoms with E-state index in [1.807, 2.05) is 32.0 Å². The Bertz CT molecular complexity index is 675. The summed E-state index contributed by atoms with van der Waals surface area (Å²) in [5.41, 5.74) is 3.79. The van der Waals surface area contributed by atoms with Gasteiger partial charge in [0.05, 0.1) is 4.92 Å². The van der Waals surface area contributed by atoms with Crippen LogP contribution in [0.15, 0.2) is 34.8 Å². The molecule has 0 aliphatic carbocycles. The van der Waals surface area contributed by atoms with Crippen molar-refractivity contribution in [2.45, 2.75) is 27.4 Å². The van der Waals surface area contributed by atoms with Crippen LogP contribution in [-0.2, 0) is 6.61 Å². The maximum atomic E-state index is 10.9. The maximum absolute atomic E-state index is 10.9. The number of nitro groups is 1. The van der Waals surface area contributed by atoms with Gasteiger partial charge in [0.15, 0.2) is 0 Å². The summed E-state index contributed by atoms with van der Waals surface area (Å²) >= 11 is 3.52. The van der Waals surface area contributed by atoms with Crippen molar-refractivity contribution < 1.29 is 9.66 Å². The fourth-order valence-electron chi connectivity index (χ4n) is 2.17. The highest BCUT2D eigenvalue weighted by atomic mass is 79.9. The number of rotatable bonds is 4. The minimum atomic E-state index is -0.368. The fraction of sp³-hybridized carbons (Fsp3) is 0.250. The summed E-state index contributed by atoms with van der Waals surface area (Å²) in [7, 11) is 0. The summed E-state index contributed by atoms with van der Waals surface area (Å²) < 4.78 is 6.85. The average Bonchev–Trinajstić information content (AvgIpc) is 2.43. The Labute approximate surface area is 132 Å². The van der Waals surface area contributed by atoms with Crippen molar-refractivity contribution in [3.05, 3.63) is 67.2 Å². The van der Waals surface area contributed by atoms with E-state index in [1.165, 1.54) is 6.07 Å². The van der Waals surface area contributed by atoms with Crippen molar-refractivity contribution in [3.8, 4) is 5.75 Å². The van der Waals surface area contributed by atoms with E-state index in [9.17, 15) is 10.1 Å². The highest BCUT2D eigenvalue weighted by molar-refractivity contribution is 9.10. The smallest absolute Gasteiger partial charge is 0.272 e. The molecule has 2 rings (SSSR count). The third kappa shape index (κ3) is 3.42. The van der Waals surface area contributed by atoms with Gasteiger partial charge >= 0.3 is 0 Å². The van der Waals surface area contributed by atoms with Gasteiger partial charge in [0.2, 0.25) is 0 Å². The van der Waals surface area contributed by atoms with Gasteiger partial charge < -0.3 is 4.74 Å². The lowest BCUT2D eigenvalue weighted by Gasteiger charge is -2.11. The van der Waals surface area contributed by atoms with Gasteiger partial charge in [-0.15, -0.1) is 0 Å². The first kappa shape index (κ1) is 15.5. The zero-order valence-corrected chi connectivity index (χ0v) is 13.7. The molecule has 2 aromatic carbocycles. The number of hydrogen-bond acceptors (Lipinski definition) is 3. The molecule has 0 saturated carbocycles. The molecular weight excluding hydrogens is 334 g/mol. The Balaban J connectivity index is 2.21. The number of halogens is 1. The summed E-state index contributed by atoms with van der Waals surface area (Å²) in [5, 5.41) is 10.9. The van der Waals surface area contributed by atoms with Gasteiger partial charge in [-0.2, -0.15) is 0 Å². The van der Waals surface area contributed by atoms with E-state index in [0.717, 1.165) is 26.9 Å². The van der Waals surface area contributed by atoms with Crippen LogP contribution in [0.25, 0.3) is 0 Å². The molecular formula is C16H16BrNO3. The molecule has 0 saturated heterocycles. The van der Waals surface area contributed by atoms with Crippen molar-refractivity contribution in [2.75, 3.05) is 0 Å². The first-order valence-corrected chi connectivity index (χ1v) is 7.32. The highest BCUT2D eigenvalue weighted by Crippen LogP contribution is 2.28. The Hall–Kier alpha value is -1.88. The van der Waals surface area contributed by atoms with Crippen LogP contribution in [0.5, 0.6) is 5.75 Å². The molecule has 2 aromatic rings. The molecule has 110 valence electrons. The SMILES string of the molecule is Cc1cc(OCc2cccc([N+](=O)[O-])c2C)cc(C)c1Br. The molecule has 0 amide bonds. The third-order valence-corrected chi connectivity index (χ3v) is 4.67. The third-order valence-electron chi connectivity index (χ3n) is 3.42. The van der Waals surface area contributed by atoms with Crippen molar-refractivity contribution in [1.82, 2.24) is 0 Å². The molecule has 0 aromatic heterocycles. The van der Waals surface area contributed by atoms with E-state index in [-0.39, 0.29) is 10.6 Å². The van der Waals surface area contributed by atoms with Crippen LogP contribution in [0.3, 0.4) is 0 Å². The monoisotopic (exact) mass is 349 g/mol. The fourth-order valence-corrected chi connectivity index (χ4v) is 2.40. The topological polar surface area (TPSA) is 52.4 Å². The number of benzene rings is 2. The normalized spacial score (nSPS) is 10.5. The molecule has 21 heavy (non-hydrogen) atoms. The summed E-state index contributed by atoms with van der Waals surface area (Å²) in [4.78, 5) is 10.6. The summed E-state index contributed by atoms with van der Waals surface area (Å²) in [6, 6.07) is 8.93. The first-order valence-electron chi connectivity index (χ1n) is 6.52. The largest absolute Gasteiger partial charge is 0.489 e. The molecule has 0 aliphatic rings. The second-order valence-corrected chi connectivity index (χ2v) is 5.77. The second kappa shape index (κ2) is 6.26. The maximum Gasteiger partial charge on any atom is 0.272 e. The van der Waals surface area contributed by atoms with Crippen LogP contribution in [0.2, 0.25) is 0 Å². The molecule has 0 N–H and O–H groups in total. The van der Waals surface area contributed by atoms with Gasteiger partial charge in [0, 0.05) is 16.1 Å². The lowest BCUT2D eigenvalue weighted by Crippen LogP contribution is -2.01. The van der Waals surface area contributed by atoms with Crippen LogP contribution in [-0.4, -0.2) is 4.92 Å². The minimum absolute atomic E-state index is 0.124. The van der Waals surface area contributed by atoms with Crippen LogP contribution < -0.4 is 4.74 Å². The first-order chi connectivity index (χ1) is 9.90. The van der Waals surface area contributed by atoms with Crippen molar-refractivity contribution >= 4 is 21.6 Å². The predicted molar refractivity (Wildman–Crippen MR) is 85.8 cm³/mol. The molecule has 0 radical (unpaired) electrons. The molecule has 0 heterocycles. The van der Waals surface area contributed by atoms with Crippen molar-refractivity contribution in [1.29, 1.82) is 0 Å². The van der Waals surface area contributed by atoms with E-state index >= 15 is 0 Å². The Morgan fingerprint density at radius 1 is 1.19 bits per heavy atom. The Morgan fingerprint density at radius 2 is 1.81 bits per heavy atom. The number of hydrogen-bond donors (Lipinski definition) is 0. The van der Waals surface area contributed by atoms with Gasteiger partial charge in [0.25, 0.3) is 5.69 Å². The number of ether oxygens (including phenoxy) is 1. The van der Waals surface area contributed by atoms with Gasteiger partial charge in [-0.1, -0.05) is 28.1 Å². The molecule has 0 spiro atoms. The molecule has 0 unspecified atom stereocenters. The van der Waals surface area contributed by atoms with E-state index in [2.05, 4.69) is 15.9 Å². The lowest BCUT2D eigenvalue weighted by atomic mass is 10.1. The quantitative estimate of drug-likeness (QED) is 0.584. The van der Waals surface area contributed by atoms with E-state index in [4.69, 9.17) is 4.74 Å². The van der Waals surface area contributed by atoms with E-state index in [1.54, 1.807) is 13.0 Å². The minimum Gasteiger partial charge on any atom is -0.489 e. The van der Waals surface area contributed by atoms with Gasteiger partial charge in [-0.3, -0.25) is 10.1 Å². The van der Waals surface area contributed by atoms with Gasteiger partial charge in [0.1, 0.15) is 12.4 Å². The molecule has 0 aliphatic heterocycles. The van der Waals surface area contributed by atoms with Crippen molar-refractivity contribution in [2.24, 2.45) is 0 Å². The highest BCUT2D eigenvalue weighted by Gasteiger charge is 2.13. The molecule has 0 atom stereocenters. The molecule has 4 nitrogen and oxygen atoms in total. The summed E-state index contributed by atoms with van der Waals surface area (Å²) in [5.74, 6) is 0.763. The number of nitrogens with zero attached hydrogens (tertiary/aromatic N) is 1. The standard InChI is InChI=1S/C16H16BrNO3/c1-10-7-14(8-11(2)16(10)17)21-9-13-5-4-6-15(12(13)3)18(19)20/h4-8H,9H2,1-3H3. The number of nitro benzene ring substituents is 1. The van der Waals surface area contributed by atoms with Gasteiger partial charge in [-0.05, 0) is 49.6 Å². The molecule has 0 bridgehead atoms. The summed E-state index contributed by atoms with van der Waals surface area (Å²) in [6.07, 6.45) is 0. The van der Waals surface area contributed by atoms with Crippen LogP contribution in [0.4, 0.5) is 5.69 Å². The second-order valence-electron chi connectivity index (χ2n) is 4.98. The Kier molecular flexibility index (Phi) is 4.63. The van der Waals surface area contributed by atoms with E-state index in [0.29, 0.717) is 12.2 Å². The average molecular weight is 350 g/mol.